The van der Waals surface area contributed by atoms with Gasteiger partial charge in [0.25, 0.3) is 5.91 Å². The molecule has 1 heterocycles. The average molecular weight is 396 g/mol. The van der Waals surface area contributed by atoms with Crippen LogP contribution in [0.1, 0.15) is 44.5 Å². The van der Waals surface area contributed by atoms with E-state index in [-0.39, 0.29) is 23.4 Å². The molecule has 8 heteroatoms. The predicted octanol–water partition coefficient (Wildman–Crippen LogP) is 1.69. The van der Waals surface area contributed by atoms with Crippen molar-refractivity contribution in [3.8, 4) is 0 Å². The molecule has 150 valence electrons. The summed E-state index contributed by atoms with van der Waals surface area (Å²) in [7, 11) is -3.59. The van der Waals surface area contributed by atoms with Crippen LogP contribution in [-0.2, 0) is 14.8 Å². The molecule has 0 spiro atoms. The van der Waals surface area contributed by atoms with Crippen molar-refractivity contribution < 1.29 is 18.0 Å². The van der Waals surface area contributed by atoms with Gasteiger partial charge in [0, 0.05) is 24.7 Å². The molecule has 27 heavy (non-hydrogen) atoms. The minimum Gasteiger partial charge on any atom is -0.368 e. The van der Waals surface area contributed by atoms with Crippen LogP contribution >= 0.6 is 0 Å². The summed E-state index contributed by atoms with van der Waals surface area (Å²) >= 11 is 0. The van der Waals surface area contributed by atoms with Gasteiger partial charge in [-0.25, -0.2) is 8.42 Å². The van der Waals surface area contributed by atoms with Gasteiger partial charge in [0.15, 0.2) is 0 Å². The van der Waals surface area contributed by atoms with Crippen LogP contribution in [0.3, 0.4) is 0 Å². The van der Waals surface area contributed by atoms with Crippen LogP contribution in [0.2, 0.25) is 0 Å². The van der Waals surface area contributed by atoms with Crippen LogP contribution in [0.15, 0.2) is 29.2 Å². The lowest BCUT2D eigenvalue weighted by Crippen LogP contribution is -2.43. The largest absolute Gasteiger partial charge is 0.368 e. The summed E-state index contributed by atoms with van der Waals surface area (Å²) in [6.45, 7) is 8.52. The fourth-order valence-electron chi connectivity index (χ4n) is 3.54. The lowest BCUT2D eigenvalue weighted by atomic mass is 9.94. The minimum atomic E-state index is -3.59. The zero-order valence-electron chi connectivity index (χ0n) is 16.4. The van der Waals surface area contributed by atoms with Crippen molar-refractivity contribution in [2.45, 2.75) is 45.1 Å². The second-order valence-electron chi connectivity index (χ2n) is 7.79. The second-order valence-corrected chi connectivity index (χ2v) is 9.72. The van der Waals surface area contributed by atoms with E-state index in [1.807, 2.05) is 0 Å². The lowest BCUT2D eigenvalue weighted by Gasteiger charge is -2.34. The highest BCUT2D eigenvalue weighted by atomic mass is 32.2. The molecule has 1 fully saturated rings. The third-order valence-electron chi connectivity index (χ3n) is 4.78. The Morgan fingerprint density at radius 2 is 1.67 bits per heavy atom. The van der Waals surface area contributed by atoms with Crippen molar-refractivity contribution in [2.75, 3.05) is 19.6 Å². The molecule has 1 aromatic carbocycles. The van der Waals surface area contributed by atoms with Crippen molar-refractivity contribution in [3.63, 3.8) is 0 Å². The van der Waals surface area contributed by atoms with Crippen LogP contribution in [-0.4, -0.2) is 55.1 Å². The maximum absolute atomic E-state index is 12.9. The Balaban J connectivity index is 2.23. The molecule has 0 unspecified atom stereocenters. The number of nitrogens with two attached hydrogens (primary N) is 1. The minimum absolute atomic E-state index is 0.173. The Morgan fingerprint density at radius 3 is 2.11 bits per heavy atom. The monoisotopic (exact) mass is 395 g/mol. The molecule has 1 aliphatic heterocycles. The molecule has 0 aromatic heterocycles. The van der Waals surface area contributed by atoms with E-state index in [1.54, 1.807) is 13.8 Å². The number of piperidine rings is 1. The smallest absolute Gasteiger partial charge is 0.254 e. The SMILES string of the molecule is CC(C)N(CC(N)=O)C(=O)c1ccc(S(=O)(=O)N2C[C@H](C)C[C@@H](C)C2)cc1. The van der Waals surface area contributed by atoms with Crippen molar-refractivity contribution in [3.05, 3.63) is 29.8 Å². The summed E-state index contributed by atoms with van der Waals surface area (Å²) in [5.74, 6) is -0.312. The number of hydrogen-bond donors (Lipinski definition) is 1. The molecule has 0 saturated carbocycles. The van der Waals surface area contributed by atoms with Gasteiger partial charge >= 0.3 is 0 Å². The number of primary amides is 1. The first-order valence-corrected chi connectivity index (χ1v) is 10.7. The van der Waals surface area contributed by atoms with E-state index in [4.69, 9.17) is 5.73 Å². The maximum Gasteiger partial charge on any atom is 0.254 e. The van der Waals surface area contributed by atoms with E-state index >= 15 is 0 Å². The molecule has 2 atom stereocenters. The fourth-order valence-corrected chi connectivity index (χ4v) is 5.22. The molecule has 1 saturated heterocycles. The van der Waals surface area contributed by atoms with Crippen LogP contribution in [0.25, 0.3) is 0 Å². The summed E-state index contributed by atoms with van der Waals surface area (Å²) in [5.41, 5.74) is 5.54. The van der Waals surface area contributed by atoms with E-state index in [9.17, 15) is 18.0 Å². The van der Waals surface area contributed by atoms with Crippen LogP contribution in [0.5, 0.6) is 0 Å². The Hall–Kier alpha value is -1.93. The van der Waals surface area contributed by atoms with Crippen molar-refractivity contribution in [1.82, 2.24) is 9.21 Å². The molecule has 0 bridgehead atoms. The maximum atomic E-state index is 12.9. The first kappa shape index (κ1) is 21.4. The highest BCUT2D eigenvalue weighted by Crippen LogP contribution is 2.27. The summed E-state index contributed by atoms with van der Waals surface area (Å²) in [6, 6.07) is 5.68. The van der Waals surface area contributed by atoms with Crippen molar-refractivity contribution in [1.29, 1.82) is 0 Å². The molecule has 1 aromatic rings. The lowest BCUT2D eigenvalue weighted by molar-refractivity contribution is -0.119. The summed E-state index contributed by atoms with van der Waals surface area (Å²) < 4.78 is 27.4. The molecule has 1 aliphatic rings. The number of rotatable bonds is 6. The van der Waals surface area contributed by atoms with Gasteiger partial charge in [0.1, 0.15) is 0 Å². The third-order valence-corrected chi connectivity index (χ3v) is 6.63. The van der Waals surface area contributed by atoms with Gasteiger partial charge in [-0.2, -0.15) is 4.31 Å². The quantitative estimate of drug-likeness (QED) is 0.792. The van der Waals surface area contributed by atoms with E-state index in [0.717, 1.165) is 6.42 Å². The van der Waals surface area contributed by atoms with E-state index in [1.165, 1.54) is 33.5 Å². The van der Waals surface area contributed by atoms with Crippen LogP contribution in [0.4, 0.5) is 0 Å². The van der Waals surface area contributed by atoms with Crippen molar-refractivity contribution in [2.24, 2.45) is 17.6 Å². The van der Waals surface area contributed by atoms with E-state index in [0.29, 0.717) is 30.5 Å². The zero-order chi connectivity index (χ0) is 20.4. The molecular weight excluding hydrogens is 366 g/mol. The number of hydrogen-bond acceptors (Lipinski definition) is 4. The van der Waals surface area contributed by atoms with Gasteiger partial charge in [0.2, 0.25) is 15.9 Å². The Kier molecular flexibility index (Phi) is 6.64. The normalized spacial score (nSPS) is 21.2. The molecular formula is C19H29N3O4S. The Labute approximate surface area is 161 Å². The number of nitrogens with zero attached hydrogens (tertiary/aromatic N) is 2. The number of carbonyl (C=O) groups is 2. The summed E-state index contributed by atoms with van der Waals surface area (Å²) in [6.07, 6.45) is 1.02. The van der Waals surface area contributed by atoms with Gasteiger partial charge in [-0.15, -0.1) is 0 Å². The van der Waals surface area contributed by atoms with Crippen LogP contribution in [0, 0.1) is 11.8 Å². The molecule has 7 nitrogen and oxygen atoms in total. The van der Waals surface area contributed by atoms with E-state index < -0.39 is 15.9 Å². The molecule has 0 radical (unpaired) electrons. The highest BCUT2D eigenvalue weighted by molar-refractivity contribution is 7.89. The summed E-state index contributed by atoms with van der Waals surface area (Å²) in [5, 5.41) is 0. The van der Waals surface area contributed by atoms with Gasteiger partial charge < -0.3 is 10.6 Å². The first-order valence-electron chi connectivity index (χ1n) is 9.21. The van der Waals surface area contributed by atoms with Crippen molar-refractivity contribution >= 4 is 21.8 Å². The third kappa shape index (κ3) is 5.07. The number of benzene rings is 1. The van der Waals surface area contributed by atoms with Crippen LogP contribution < -0.4 is 5.73 Å². The van der Waals surface area contributed by atoms with E-state index in [2.05, 4.69) is 13.8 Å². The highest BCUT2D eigenvalue weighted by Gasteiger charge is 2.32. The van der Waals surface area contributed by atoms with Gasteiger partial charge in [-0.1, -0.05) is 13.8 Å². The first-order chi connectivity index (χ1) is 12.5. The molecule has 2 N–H and O–H groups in total. The summed E-state index contributed by atoms with van der Waals surface area (Å²) in [4.78, 5) is 25.4. The molecule has 0 aliphatic carbocycles. The Morgan fingerprint density at radius 1 is 1.15 bits per heavy atom. The van der Waals surface area contributed by atoms with Gasteiger partial charge in [-0.05, 0) is 56.4 Å². The molecule has 2 rings (SSSR count). The second kappa shape index (κ2) is 8.39. The Bertz CT molecular complexity index is 780. The standard InChI is InChI=1S/C19H29N3O4S/c1-13(2)22(12-18(20)23)19(24)16-5-7-17(8-6-16)27(25,26)21-10-14(3)9-15(4)11-21/h5-8,13-15H,9-12H2,1-4H3,(H2,20,23)/t14-,15-/m1/s1. The van der Waals surface area contributed by atoms with Gasteiger partial charge in [-0.3, -0.25) is 9.59 Å². The fraction of sp³-hybridized carbons (Fsp3) is 0.579. The predicted molar refractivity (Wildman–Crippen MR) is 104 cm³/mol. The number of sulfonamides is 1. The number of amides is 2. The van der Waals surface area contributed by atoms with Gasteiger partial charge in [0.05, 0.1) is 11.4 Å². The zero-order valence-corrected chi connectivity index (χ0v) is 17.2. The number of carbonyl (C=O) groups excluding carboxylic acids is 2. The molecule has 2 amide bonds. The average Bonchev–Trinajstić information content (AvgIpc) is 2.58. The topological polar surface area (TPSA) is 101 Å².